The van der Waals surface area contributed by atoms with Crippen LogP contribution in [0.1, 0.15) is 107 Å². The molecule has 426 valence electrons. The number of rotatable bonds is 11. The molecule has 9 heterocycles. The first-order valence-corrected chi connectivity index (χ1v) is 29.8. The number of fused-ring (bicyclic) bond motifs is 6. The van der Waals surface area contributed by atoms with Crippen LogP contribution in [0.3, 0.4) is 0 Å². The molecule has 1 spiro atoms. The molecule has 6 bridgehead atoms. The van der Waals surface area contributed by atoms with Gasteiger partial charge in [0.1, 0.15) is 18.6 Å². The van der Waals surface area contributed by atoms with Crippen molar-refractivity contribution in [3.05, 3.63) is 52.1 Å². The van der Waals surface area contributed by atoms with Crippen molar-refractivity contribution < 1.29 is 41.8 Å². The fourth-order valence-corrected chi connectivity index (χ4v) is 14.7. The number of nitrogens with zero attached hydrogens (tertiary/aromatic N) is 8. The largest absolute Gasteiger partial charge is 0.464 e. The van der Waals surface area contributed by atoms with Crippen molar-refractivity contribution in [3.63, 3.8) is 0 Å². The molecule has 17 nitrogen and oxygen atoms in total. The van der Waals surface area contributed by atoms with E-state index in [0.717, 1.165) is 83.5 Å². The lowest BCUT2D eigenvalue weighted by Crippen LogP contribution is -2.62. The Labute approximate surface area is 464 Å². The van der Waals surface area contributed by atoms with E-state index in [2.05, 4.69) is 30.8 Å². The maximum atomic E-state index is 15.2. The molecule has 1 unspecified atom stereocenters. The summed E-state index contributed by atoms with van der Waals surface area (Å²) in [6.45, 7) is 11.6. The number of halogens is 3. The van der Waals surface area contributed by atoms with Crippen molar-refractivity contribution in [2.75, 3.05) is 84.1 Å². The highest BCUT2D eigenvalue weighted by Crippen LogP contribution is 2.46. The van der Waals surface area contributed by atoms with Crippen LogP contribution in [-0.2, 0) is 48.0 Å². The average Bonchev–Trinajstić information content (AvgIpc) is 4.36. The summed E-state index contributed by atoms with van der Waals surface area (Å²) in [4.78, 5) is 76.6. The number of likely N-dealkylation sites (tertiary alicyclic amines) is 2. The highest BCUT2D eigenvalue weighted by molar-refractivity contribution is 7.10. The van der Waals surface area contributed by atoms with Gasteiger partial charge in [0.05, 0.1) is 58.8 Å². The molecular formula is C58H76F3N11O6S. The highest BCUT2D eigenvalue weighted by Gasteiger charge is 2.51. The molecule has 3 N–H and O–H groups in total. The van der Waals surface area contributed by atoms with Gasteiger partial charge in [-0.25, -0.2) is 10.4 Å². The van der Waals surface area contributed by atoms with Gasteiger partial charge in [0.2, 0.25) is 11.8 Å². The van der Waals surface area contributed by atoms with E-state index in [1.54, 1.807) is 19.2 Å². The van der Waals surface area contributed by atoms with Gasteiger partial charge in [-0.15, -0.1) is 11.3 Å². The van der Waals surface area contributed by atoms with Crippen LogP contribution < -0.4 is 21.0 Å². The number of benzene rings is 1. The minimum atomic E-state index is -4.60. The van der Waals surface area contributed by atoms with E-state index in [1.807, 2.05) is 49.4 Å². The summed E-state index contributed by atoms with van der Waals surface area (Å²) < 4.78 is 59.0. The van der Waals surface area contributed by atoms with Crippen molar-refractivity contribution in [1.82, 2.24) is 50.3 Å². The first-order valence-electron chi connectivity index (χ1n) is 28.9. The summed E-state index contributed by atoms with van der Waals surface area (Å²) in [5.41, 5.74) is 6.89. The summed E-state index contributed by atoms with van der Waals surface area (Å²) in [5, 5.41) is 11.0. The summed E-state index contributed by atoms with van der Waals surface area (Å²) in [5.74, 6) is -0.859. The van der Waals surface area contributed by atoms with Crippen LogP contribution in [0.4, 0.5) is 18.9 Å². The topological polar surface area (TPSA) is 180 Å². The zero-order chi connectivity index (χ0) is 55.0. The molecule has 8 aliphatic rings. The van der Waals surface area contributed by atoms with E-state index in [-0.39, 0.29) is 54.5 Å². The highest BCUT2D eigenvalue weighted by atomic mass is 32.1. The summed E-state index contributed by atoms with van der Waals surface area (Å²) >= 11 is 1.36. The van der Waals surface area contributed by atoms with Crippen LogP contribution in [-0.4, -0.2) is 173 Å². The van der Waals surface area contributed by atoms with Crippen LogP contribution >= 0.6 is 11.3 Å². The number of hydrazine groups is 1. The molecule has 79 heavy (non-hydrogen) atoms. The smallest absolute Gasteiger partial charge is 0.406 e. The van der Waals surface area contributed by atoms with Gasteiger partial charge in [-0.2, -0.15) is 13.2 Å². The van der Waals surface area contributed by atoms with E-state index in [9.17, 15) is 14.4 Å². The number of thiazole rings is 1. The number of anilines is 1. The maximum absolute atomic E-state index is 15.2. The van der Waals surface area contributed by atoms with Gasteiger partial charge < -0.3 is 34.5 Å². The molecule has 2 aliphatic carbocycles. The molecule has 21 heteroatoms. The third kappa shape index (κ3) is 11.4. The fraction of sp³-hybridized carbons (Fsp3) is 0.655. The molecule has 3 amide bonds. The van der Waals surface area contributed by atoms with Crippen molar-refractivity contribution in [1.29, 1.82) is 0 Å². The number of piperazine rings is 1. The van der Waals surface area contributed by atoms with Gasteiger partial charge >= 0.3 is 12.1 Å². The zero-order valence-corrected chi connectivity index (χ0v) is 46.9. The lowest BCUT2D eigenvalue weighted by Gasteiger charge is -2.37. The van der Waals surface area contributed by atoms with Gasteiger partial charge in [0, 0.05) is 117 Å². The Bertz CT molecular complexity index is 2960. The molecule has 6 atom stereocenters. The van der Waals surface area contributed by atoms with Gasteiger partial charge in [0.15, 0.2) is 0 Å². The Morgan fingerprint density at radius 1 is 0.975 bits per heavy atom. The number of hydrogen-bond acceptors (Lipinski definition) is 14. The first kappa shape index (κ1) is 54.4. The second-order valence-electron chi connectivity index (χ2n) is 24.9. The molecule has 12 rings (SSSR count). The van der Waals surface area contributed by atoms with Crippen molar-refractivity contribution in [2.45, 2.75) is 147 Å². The number of hydrogen-bond donors (Lipinski definition) is 3. The van der Waals surface area contributed by atoms with Crippen LogP contribution in [0.5, 0.6) is 0 Å². The number of nitrogens with one attached hydrogen (secondary N) is 3. The molecule has 1 aromatic carbocycles. The monoisotopic (exact) mass is 1110 g/mol. The lowest BCUT2D eigenvalue weighted by atomic mass is 9.84. The van der Waals surface area contributed by atoms with E-state index in [4.69, 9.17) is 19.4 Å². The third-order valence-electron chi connectivity index (χ3n) is 18.4. The minimum absolute atomic E-state index is 0.0610. The molecule has 4 aromatic rings. The fourth-order valence-electron chi connectivity index (χ4n) is 13.9. The van der Waals surface area contributed by atoms with E-state index in [0.29, 0.717) is 94.7 Å². The van der Waals surface area contributed by atoms with E-state index >= 15 is 18.0 Å². The summed E-state index contributed by atoms with van der Waals surface area (Å²) in [6.07, 6.45) is 5.95. The number of carbonyl (C=O) groups excluding carboxylic acids is 4. The third-order valence-corrected chi connectivity index (χ3v) is 19.3. The maximum Gasteiger partial charge on any atom is 0.406 e. The average molecular weight is 1110 g/mol. The molecule has 2 saturated carbocycles. The minimum Gasteiger partial charge on any atom is -0.464 e. The normalized spacial score (nSPS) is 27.2. The Morgan fingerprint density at radius 3 is 2.48 bits per heavy atom. The molecule has 3 aromatic heterocycles. The van der Waals surface area contributed by atoms with E-state index < -0.39 is 48.3 Å². The Kier molecular flexibility index (Phi) is 14.9. The van der Waals surface area contributed by atoms with Crippen LogP contribution in [0, 0.1) is 16.7 Å². The van der Waals surface area contributed by atoms with Gasteiger partial charge in [-0.05, 0) is 101 Å². The van der Waals surface area contributed by atoms with E-state index in [1.165, 1.54) is 33.8 Å². The van der Waals surface area contributed by atoms with Crippen LogP contribution in [0.15, 0.2) is 35.8 Å². The van der Waals surface area contributed by atoms with Crippen molar-refractivity contribution in [2.24, 2.45) is 16.7 Å². The Hall–Kier alpha value is -5.19. The first-order chi connectivity index (χ1) is 37.9. The molecule has 7 fully saturated rings. The quantitative estimate of drug-likeness (QED) is 0.110. The predicted molar refractivity (Wildman–Crippen MR) is 294 cm³/mol. The Balaban J connectivity index is 0.910. The Morgan fingerprint density at radius 2 is 1.75 bits per heavy atom. The van der Waals surface area contributed by atoms with Gasteiger partial charge in [-0.1, -0.05) is 32.8 Å². The SMILES string of the molecule is CO[C@@H](C)c1ncc(N2CCN(C3CC3)CC2)cc1-c1c2c3cc(ccc3n1CC(F)(F)F)-c1csc(n1)C[C@H](NC(=O)C(C1CCCC1)N1CC[C@]3(CCN(C(=O)[C@H]4CN4)C3)C1)C(=O)N1CCC[C@H](N1)C(=O)OCC(C)(C)C2. The second-order valence-corrected chi connectivity index (χ2v) is 25.8. The molecule has 6 aliphatic heterocycles. The predicted octanol–water partition coefficient (Wildman–Crippen LogP) is 6.48. The van der Waals surface area contributed by atoms with Crippen molar-refractivity contribution in [3.8, 4) is 22.5 Å². The standard InChI is InChI=1S/C58H76F3N11O6S/c1-35(77-4)49-41(25-39(28-63-49)68-22-20-67(21-23-68)38-12-13-38)51-42-27-56(2,3)34-78-55(76)43-10-7-17-72(66-43)54(75)44(26-48-64-46(30-79-48)37-11-14-47(40(42)24-37)71(51)33-58(59,60)61)65-52(73)50(36-8-5-6-9-36)69-18-15-57(31-69)16-19-70(32-57)53(74)45-29-62-45/h11,14,24-25,28,30,35-36,38,43-45,50,62,66H,5-10,12-13,15-23,26-27,29,31-34H2,1-4H3,(H,65,73)/t35-,43-,44-,45+,50?,57-/m0/s1. The summed E-state index contributed by atoms with van der Waals surface area (Å²) in [6, 6.07) is 5.64. The number of alkyl halides is 3. The van der Waals surface area contributed by atoms with Crippen molar-refractivity contribution >= 4 is 51.6 Å². The number of methoxy groups -OCH3 is 1. The van der Waals surface area contributed by atoms with Crippen LogP contribution in [0.2, 0.25) is 0 Å². The number of carbonyl (C=O) groups is 4. The number of aromatic nitrogens is 3. The molecular weight excluding hydrogens is 1040 g/mol. The number of cyclic esters (lactones) is 1. The van der Waals surface area contributed by atoms with Gasteiger partial charge in [0.25, 0.3) is 5.91 Å². The number of esters is 1. The second kappa shape index (κ2) is 21.6. The number of pyridine rings is 1. The zero-order valence-electron chi connectivity index (χ0n) is 46.0. The number of ether oxygens (including phenoxy) is 2. The van der Waals surface area contributed by atoms with Gasteiger partial charge in [-0.3, -0.25) is 39.0 Å². The summed E-state index contributed by atoms with van der Waals surface area (Å²) in [7, 11) is 1.57. The molecule has 5 saturated heterocycles. The number of amides is 3. The molecule has 0 radical (unpaired) electrons. The lowest BCUT2D eigenvalue weighted by molar-refractivity contribution is -0.155. The van der Waals surface area contributed by atoms with Crippen LogP contribution in [0.25, 0.3) is 33.4 Å².